The second kappa shape index (κ2) is 4.93. The molecule has 1 rings (SSSR count). The van der Waals surface area contributed by atoms with E-state index in [1.54, 1.807) is 11.6 Å². The van der Waals surface area contributed by atoms with Gasteiger partial charge in [0.25, 0.3) is 0 Å². The van der Waals surface area contributed by atoms with Gasteiger partial charge < -0.3 is 10.4 Å². The van der Waals surface area contributed by atoms with E-state index in [1.807, 2.05) is 13.8 Å². The third kappa shape index (κ3) is 2.30. The summed E-state index contributed by atoms with van der Waals surface area (Å²) in [5, 5.41) is 26.6. The Labute approximate surface area is 93.2 Å². The molecule has 0 amide bonds. The number of hydrogen-bond donors (Lipinski definition) is 2. The fraction of sp³-hybridized carbons (Fsp3) is 0.667. The van der Waals surface area contributed by atoms with Gasteiger partial charge in [-0.05, 0) is 20.8 Å². The Hall–Kier alpha value is -1.63. The van der Waals surface area contributed by atoms with Crippen molar-refractivity contribution in [1.29, 1.82) is 0 Å². The van der Waals surface area contributed by atoms with E-state index >= 15 is 0 Å². The lowest BCUT2D eigenvalue weighted by atomic mass is 10.3. The van der Waals surface area contributed by atoms with Gasteiger partial charge in [-0.1, -0.05) is 0 Å². The van der Waals surface area contributed by atoms with E-state index < -0.39 is 4.92 Å². The highest BCUT2D eigenvalue weighted by atomic mass is 16.6. The number of anilines is 1. The molecular formula is C9H16N4O3. The van der Waals surface area contributed by atoms with Gasteiger partial charge in [0, 0.05) is 12.6 Å². The third-order valence-corrected chi connectivity index (χ3v) is 2.13. The Morgan fingerprint density at radius 3 is 2.69 bits per heavy atom. The summed E-state index contributed by atoms with van der Waals surface area (Å²) < 4.78 is 1.56. The predicted molar refractivity (Wildman–Crippen MR) is 59.6 cm³/mol. The van der Waals surface area contributed by atoms with Crippen LogP contribution in [0.1, 0.15) is 25.6 Å². The number of aromatic nitrogens is 2. The Morgan fingerprint density at radius 1 is 1.62 bits per heavy atom. The number of rotatable bonds is 5. The normalized spacial score (nSPS) is 10.8. The molecule has 0 aliphatic heterocycles. The second-order valence-electron chi connectivity index (χ2n) is 3.73. The molecule has 1 heterocycles. The average molecular weight is 228 g/mol. The molecule has 0 aromatic carbocycles. The van der Waals surface area contributed by atoms with Crippen LogP contribution >= 0.6 is 0 Å². The lowest BCUT2D eigenvalue weighted by Crippen LogP contribution is -2.13. The quantitative estimate of drug-likeness (QED) is 0.581. The SMILES string of the molecule is Cc1nn(C(C)C)c(NCCO)c1[N+](=O)[O-]. The zero-order valence-electron chi connectivity index (χ0n) is 9.60. The zero-order chi connectivity index (χ0) is 12.3. The van der Waals surface area contributed by atoms with Crippen molar-refractivity contribution < 1.29 is 10.0 Å². The van der Waals surface area contributed by atoms with Crippen molar-refractivity contribution in [3.63, 3.8) is 0 Å². The summed E-state index contributed by atoms with van der Waals surface area (Å²) in [7, 11) is 0. The first kappa shape index (κ1) is 12.4. The Morgan fingerprint density at radius 2 is 2.25 bits per heavy atom. The molecule has 0 aliphatic carbocycles. The van der Waals surface area contributed by atoms with E-state index in [4.69, 9.17) is 5.11 Å². The van der Waals surface area contributed by atoms with E-state index in [0.29, 0.717) is 11.5 Å². The molecule has 0 spiro atoms. The van der Waals surface area contributed by atoms with E-state index in [9.17, 15) is 10.1 Å². The van der Waals surface area contributed by atoms with Crippen LogP contribution < -0.4 is 5.32 Å². The van der Waals surface area contributed by atoms with Crippen LogP contribution in [-0.4, -0.2) is 33.0 Å². The molecule has 7 heteroatoms. The smallest absolute Gasteiger partial charge is 0.333 e. The minimum atomic E-state index is -0.457. The molecule has 0 saturated carbocycles. The summed E-state index contributed by atoms with van der Waals surface area (Å²) in [6.45, 7) is 5.56. The Bertz CT molecular complexity index is 386. The highest BCUT2D eigenvalue weighted by Gasteiger charge is 2.25. The van der Waals surface area contributed by atoms with E-state index in [1.165, 1.54) is 0 Å². The predicted octanol–water partition coefficient (Wildman–Crippen LogP) is 1.08. The standard InChI is InChI=1S/C9H16N4O3/c1-6(2)12-9(10-4-5-14)8(13(15)16)7(3)11-12/h6,10,14H,4-5H2,1-3H3. The van der Waals surface area contributed by atoms with Gasteiger partial charge in [-0.3, -0.25) is 10.1 Å². The van der Waals surface area contributed by atoms with Gasteiger partial charge in [-0.25, -0.2) is 4.68 Å². The number of aryl methyl sites for hydroxylation is 1. The summed E-state index contributed by atoms with van der Waals surface area (Å²) in [6.07, 6.45) is 0. The molecule has 1 aromatic rings. The number of aliphatic hydroxyl groups is 1. The number of hydrogen-bond acceptors (Lipinski definition) is 5. The fourth-order valence-electron chi connectivity index (χ4n) is 1.47. The molecule has 7 nitrogen and oxygen atoms in total. The number of aliphatic hydroxyl groups excluding tert-OH is 1. The van der Waals surface area contributed by atoms with Crippen LogP contribution in [0, 0.1) is 17.0 Å². The molecule has 0 saturated heterocycles. The van der Waals surface area contributed by atoms with Gasteiger partial charge in [0.15, 0.2) is 0 Å². The zero-order valence-corrected chi connectivity index (χ0v) is 9.60. The lowest BCUT2D eigenvalue weighted by Gasteiger charge is -2.10. The average Bonchev–Trinajstić information content (AvgIpc) is 2.52. The first-order valence-corrected chi connectivity index (χ1v) is 5.07. The number of nitro groups is 1. The molecule has 0 radical (unpaired) electrons. The van der Waals surface area contributed by atoms with Gasteiger partial charge in [0.2, 0.25) is 5.82 Å². The molecule has 0 atom stereocenters. The van der Waals surface area contributed by atoms with Gasteiger partial charge in [-0.2, -0.15) is 5.10 Å². The van der Waals surface area contributed by atoms with Crippen molar-refractivity contribution in [1.82, 2.24) is 9.78 Å². The van der Waals surface area contributed by atoms with Crippen molar-refractivity contribution in [3.05, 3.63) is 15.8 Å². The van der Waals surface area contributed by atoms with Crippen molar-refractivity contribution in [3.8, 4) is 0 Å². The molecule has 0 bridgehead atoms. The van der Waals surface area contributed by atoms with Crippen LogP contribution in [-0.2, 0) is 0 Å². The third-order valence-electron chi connectivity index (χ3n) is 2.13. The van der Waals surface area contributed by atoms with E-state index in [-0.39, 0.29) is 24.9 Å². The highest BCUT2D eigenvalue weighted by molar-refractivity contribution is 5.59. The topological polar surface area (TPSA) is 93.2 Å². The molecule has 0 unspecified atom stereocenters. The second-order valence-corrected chi connectivity index (χ2v) is 3.73. The Balaban J connectivity index is 3.20. The largest absolute Gasteiger partial charge is 0.395 e. The minimum absolute atomic E-state index is 0.0218. The maximum absolute atomic E-state index is 10.9. The summed E-state index contributed by atoms with van der Waals surface area (Å²) >= 11 is 0. The van der Waals surface area contributed by atoms with Crippen LogP contribution in [0.2, 0.25) is 0 Å². The monoisotopic (exact) mass is 228 g/mol. The number of nitrogens with zero attached hydrogens (tertiary/aromatic N) is 3. The van der Waals surface area contributed by atoms with Crippen molar-refractivity contribution in [2.75, 3.05) is 18.5 Å². The molecule has 16 heavy (non-hydrogen) atoms. The maximum Gasteiger partial charge on any atom is 0.333 e. The van der Waals surface area contributed by atoms with E-state index in [0.717, 1.165) is 0 Å². The number of nitrogens with one attached hydrogen (secondary N) is 1. The molecule has 90 valence electrons. The van der Waals surface area contributed by atoms with E-state index in [2.05, 4.69) is 10.4 Å². The van der Waals surface area contributed by atoms with Crippen LogP contribution in [0.15, 0.2) is 0 Å². The van der Waals surface area contributed by atoms with Crippen LogP contribution in [0.3, 0.4) is 0 Å². The van der Waals surface area contributed by atoms with Crippen LogP contribution in [0.25, 0.3) is 0 Å². The molecule has 2 N–H and O–H groups in total. The summed E-state index contributed by atoms with van der Waals surface area (Å²) in [6, 6.07) is 0.0218. The molecule has 1 aromatic heterocycles. The fourth-order valence-corrected chi connectivity index (χ4v) is 1.47. The van der Waals surface area contributed by atoms with Crippen molar-refractivity contribution in [2.45, 2.75) is 26.8 Å². The minimum Gasteiger partial charge on any atom is -0.395 e. The summed E-state index contributed by atoms with van der Waals surface area (Å²) in [5.74, 6) is 0.353. The summed E-state index contributed by atoms with van der Waals surface area (Å²) in [5.41, 5.74) is 0.348. The Kier molecular flexibility index (Phi) is 3.83. The van der Waals surface area contributed by atoms with Gasteiger partial charge in [0.05, 0.1) is 11.5 Å². The molecule has 0 fully saturated rings. The highest BCUT2D eigenvalue weighted by Crippen LogP contribution is 2.30. The van der Waals surface area contributed by atoms with Gasteiger partial charge in [0.1, 0.15) is 5.69 Å². The summed E-state index contributed by atoms with van der Waals surface area (Å²) in [4.78, 5) is 10.4. The molecule has 0 aliphatic rings. The first-order chi connectivity index (χ1) is 7.49. The van der Waals surface area contributed by atoms with Crippen LogP contribution in [0.5, 0.6) is 0 Å². The van der Waals surface area contributed by atoms with Crippen molar-refractivity contribution >= 4 is 11.5 Å². The van der Waals surface area contributed by atoms with Crippen molar-refractivity contribution in [2.24, 2.45) is 0 Å². The first-order valence-electron chi connectivity index (χ1n) is 5.07. The lowest BCUT2D eigenvalue weighted by molar-refractivity contribution is -0.384. The van der Waals surface area contributed by atoms with Gasteiger partial charge >= 0.3 is 5.69 Å². The van der Waals surface area contributed by atoms with Crippen LogP contribution in [0.4, 0.5) is 11.5 Å². The molecular weight excluding hydrogens is 212 g/mol. The maximum atomic E-state index is 10.9. The van der Waals surface area contributed by atoms with Gasteiger partial charge in [-0.15, -0.1) is 0 Å².